The van der Waals surface area contributed by atoms with Crippen molar-refractivity contribution in [1.82, 2.24) is 5.32 Å². The zero-order valence-electron chi connectivity index (χ0n) is 10.0. The number of terminal acetylenes is 1. The monoisotopic (exact) mass is 231 g/mol. The van der Waals surface area contributed by atoms with E-state index < -0.39 is 0 Å². The topological polar surface area (TPSA) is 30.5 Å². The number of rotatable bonds is 4. The molecular formula is C14H17NO2. The number of fused-ring (bicyclic) bond motifs is 1. The van der Waals surface area contributed by atoms with E-state index in [9.17, 15) is 0 Å². The summed E-state index contributed by atoms with van der Waals surface area (Å²) in [6.45, 7) is 1.57. The Bertz CT molecular complexity index is 423. The molecule has 0 saturated carbocycles. The summed E-state index contributed by atoms with van der Waals surface area (Å²) < 4.78 is 10.9. The standard InChI is InChI=1S/C14H17NO2/c1-3-4-8-15-13-7-9-17-14-6-5-11(16-2)10-12(13)14/h1,5-6,10,13,15H,4,7-9H2,2H3. The maximum Gasteiger partial charge on any atom is 0.124 e. The Hall–Kier alpha value is -1.66. The second kappa shape index (κ2) is 5.60. The SMILES string of the molecule is C#CCCNC1CCOc2ccc(OC)cc21. The van der Waals surface area contributed by atoms with Crippen LogP contribution < -0.4 is 14.8 Å². The minimum absolute atomic E-state index is 0.308. The highest BCUT2D eigenvalue weighted by Crippen LogP contribution is 2.34. The molecule has 1 heterocycles. The Balaban J connectivity index is 2.14. The van der Waals surface area contributed by atoms with Gasteiger partial charge in [-0.05, 0) is 18.2 Å². The third kappa shape index (κ3) is 2.72. The molecule has 0 amide bonds. The van der Waals surface area contributed by atoms with Gasteiger partial charge in [-0.3, -0.25) is 0 Å². The molecule has 1 aromatic rings. The minimum atomic E-state index is 0.308. The summed E-state index contributed by atoms with van der Waals surface area (Å²) in [5.41, 5.74) is 1.16. The summed E-state index contributed by atoms with van der Waals surface area (Å²) in [5, 5.41) is 3.45. The van der Waals surface area contributed by atoms with E-state index in [0.717, 1.165) is 43.1 Å². The van der Waals surface area contributed by atoms with E-state index in [4.69, 9.17) is 15.9 Å². The molecule has 0 fully saturated rings. The Morgan fingerprint density at radius 1 is 1.59 bits per heavy atom. The van der Waals surface area contributed by atoms with Crippen molar-refractivity contribution in [1.29, 1.82) is 0 Å². The van der Waals surface area contributed by atoms with Crippen LogP contribution >= 0.6 is 0 Å². The van der Waals surface area contributed by atoms with Crippen molar-refractivity contribution in [3.8, 4) is 23.8 Å². The lowest BCUT2D eigenvalue weighted by Gasteiger charge is -2.27. The van der Waals surface area contributed by atoms with Gasteiger partial charge < -0.3 is 14.8 Å². The van der Waals surface area contributed by atoms with Crippen LogP contribution in [0.15, 0.2) is 18.2 Å². The highest BCUT2D eigenvalue weighted by Gasteiger charge is 2.21. The van der Waals surface area contributed by atoms with Crippen molar-refractivity contribution < 1.29 is 9.47 Å². The number of hydrogen-bond donors (Lipinski definition) is 1. The number of nitrogens with one attached hydrogen (secondary N) is 1. The third-order valence-electron chi connectivity index (χ3n) is 2.92. The molecule has 0 spiro atoms. The van der Waals surface area contributed by atoms with Crippen molar-refractivity contribution in [2.24, 2.45) is 0 Å². The van der Waals surface area contributed by atoms with Gasteiger partial charge in [0.05, 0.1) is 13.7 Å². The normalized spacial score (nSPS) is 17.8. The molecular weight excluding hydrogens is 214 g/mol. The Morgan fingerprint density at radius 3 is 3.24 bits per heavy atom. The first-order chi connectivity index (χ1) is 8.35. The van der Waals surface area contributed by atoms with E-state index >= 15 is 0 Å². The summed E-state index contributed by atoms with van der Waals surface area (Å²) in [6, 6.07) is 6.22. The second-order valence-electron chi connectivity index (χ2n) is 4.00. The lowest BCUT2D eigenvalue weighted by Crippen LogP contribution is -2.27. The van der Waals surface area contributed by atoms with Gasteiger partial charge in [0.15, 0.2) is 0 Å². The van der Waals surface area contributed by atoms with Crippen molar-refractivity contribution in [3.63, 3.8) is 0 Å². The molecule has 1 atom stereocenters. The van der Waals surface area contributed by atoms with Crippen LogP contribution in [-0.2, 0) is 0 Å². The molecule has 0 aromatic heterocycles. The van der Waals surface area contributed by atoms with Crippen LogP contribution in [0.2, 0.25) is 0 Å². The van der Waals surface area contributed by atoms with Crippen LogP contribution in [0, 0.1) is 12.3 Å². The fourth-order valence-electron chi connectivity index (χ4n) is 2.03. The van der Waals surface area contributed by atoms with Gasteiger partial charge in [-0.2, -0.15) is 0 Å². The molecule has 17 heavy (non-hydrogen) atoms. The van der Waals surface area contributed by atoms with E-state index in [1.807, 2.05) is 18.2 Å². The summed E-state index contributed by atoms with van der Waals surface area (Å²) in [5.74, 6) is 4.43. The van der Waals surface area contributed by atoms with Gasteiger partial charge in [-0.15, -0.1) is 12.3 Å². The van der Waals surface area contributed by atoms with Crippen LogP contribution in [-0.4, -0.2) is 20.3 Å². The number of hydrogen-bond acceptors (Lipinski definition) is 3. The second-order valence-corrected chi connectivity index (χ2v) is 4.00. The predicted molar refractivity (Wildman–Crippen MR) is 67.3 cm³/mol. The molecule has 1 aliphatic rings. The molecule has 0 saturated heterocycles. The average Bonchev–Trinajstić information content (AvgIpc) is 2.39. The lowest BCUT2D eigenvalue weighted by molar-refractivity contribution is 0.252. The van der Waals surface area contributed by atoms with Crippen LogP contribution in [0.3, 0.4) is 0 Å². The number of benzene rings is 1. The number of methoxy groups -OCH3 is 1. The molecule has 0 radical (unpaired) electrons. The number of ether oxygens (including phenoxy) is 2. The van der Waals surface area contributed by atoms with Crippen molar-refractivity contribution in [3.05, 3.63) is 23.8 Å². The van der Waals surface area contributed by atoms with Gasteiger partial charge in [0, 0.05) is 31.0 Å². The lowest BCUT2D eigenvalue weighted by atomic mass is 10.00. The summed E-state index contributed by atoms with van der Waals surface area (Å²) in [4.78, 5) is 0. The molecule has 1 unspecified atom stereocenters. The minimum Gasteiger partial charge on any atom is -0.497 e. The van der Waals surface area contributed by atoms with E-state index in [2.05, 4.69) is 11.2 Å². The van der Waals surface area contributed by atoms with Crippen LogP contribution in [0.1, 0.15) is 24.4 Å². The molecule has 0 aliphatic carbocycles. The molecule has 2 rings (SSSR count). The fourth-order valence-corrected chi connectivity index (χ4v) is 2.03. The van der Waals surface area contributed by atoms with E-state index in [1.165, 1.54) is 0 Å². The zero-order chi connectivity index (χ0) is 12.1. The maximum atomic E-state index is 5.62. The van der Waals surface area contributed by atoms with Crippen molar-refractivity contribution in [2.45, 2.75) is 18.9 Å². The van der Waals surface area contributed by atoms with E-state index in [0.29, 0.717) is 6.04 Å². The molecule has 1 N–H and O–H groups in total. The summed E-state index contributed by atoms with van der Waals surface area (Å²) in [6.07, 6.45) is 6.96. The highest BCUT2D eigenvalue weighted by molar-refractivity contribution is 5.43. The van der Waals surface area contributed by atoms with Crippen LogP contribution in [0.5, 0.6) is 11.5 Å². The summed E-state index contributed by atoms with van der Waals surface area (Å²) in [7, 11) is 1.67. The van der Waals surface area contributed by atoms with Gasteiger partial charge >= 0.3 is 0 Å². The molecule has 1 aromatic carbocycles. The average molecular weight is 231 g/mol. The van der Waals surface area contributed by atoms with E-state index in [1.54, 1.807) is 7.11 Å². The first-order valence-corrected chi connectivity index (χ1v) is 5.82. The zero-order valence-corrected chi connectivity index (χ0v) is 10.0. The molecule has 3 nitrogen and oxygen atoms in total. The Morgan fingerprint density at radius 2 is 2.47 bits per heavy atom. The quantitative estimate of drug-likeness (QED) is 0.636. The van der Waals surface area contributed by atoms with Gasteiger partial charge in [0.1, 0.15) is 11.5 Å². The first kappa shape index (κ1) is 11.8. The van der Waals surface area contributed by atoms with Gasteiger partial charge in [0.25, 0.3) is 0 Å². The van der Waals surface area contributed by atoms with Crippen LogP contribution in [0.25, 0.3) is 0 Å². The van der Waals surface area contributed by atoms with Gasteiger partial charge in [-0.25, -0.2) is 0 Å². The predicted octanol–water partition coefficient (Wildman–Crippen LogP) is 2.13. The summed E-state index contributed by atoms with van der Waals surface area (Å²) >= 11 is 0. The van der Waals surface area contributed by atoms with Gasteiger partial charge in [0.2, 0.25) is 0 Å². The molecule has 1 aliphatic heterocycles. The molecule has 3 heteroatoms. The van der Waals surface area contributed by atoms with Crippen molar-refractivity contribution in [2.75, 3.05) is 20.3 Å². The maximum absolute atomic E-state index is 5.62. The van der Waals surface area contributed by atoms with Crippen molar-refractivity contribution >= 4 is 0 Å². The van der Waals surface area contributed by atoms with Gasteiger partial charge in [-0.1, -0.05) is 0 Å². The molecule has 0 bridgehead atoms. The fraction of sp³-hybridized carbons (Fsp3) is 0.429. The Kier molecular flexibility index (Phi) is 3.89. The largest absolute Gasteiger partial charge is 0.497 e. The highest BCUT2D eigenvalue weighted by atomic mass is 16.5. The first-order valence-electron chi connectivity index (χ1n) is 5.82. The smallest absolute Gasteiger partial charge is 0.124 e. The molecule has 90 valence electrons. The van der Waals surface area contributed by atoms with Crippen LogP contribution in [0.4, 0.5) is 0 Å². The Labute approximate surface area is 102 Å². The van der Waals surface area contributed by atoms with E-state index in [-0.39, 0.29) is 0 Å². The third-order valence-corrected chi connectivity index (χ3v) is 2.92.